The van der Waals surface area contributed by atoms with E-state index in [2.05, 4.69) is 16.7 Å². The molecule has 1 atom stereocenters. The summed E-state index contributed by atoms with van der Waals surface area (Å²) in [6.45, 7) is 1.16. The lowest BCUT2D eigenvalue weighted by Gasteiger charge is -2.18. The minimum atomic E-state index is -0.682. The number of hydrogen-bond acceptors (Lipinski definition) is 5. The Morgan fingerprint density at radius 1 is 0.944 bits per heavy atom. The fourth-order valence-corrected chi connectivity index (χ4v) is 3.80. The second-order valence-electron chi connectivity index (χ2n) is 7.94. The molecule has 0 aliphatic rings. The van der Waals surface area contributed by atoms with Gasteiger partial charge in [0.05, 0.1) is 34.6 Å². The summed E-state index contributed by atoms with van der Waals surface area (Å²) in [7, 11) is 0. The van der Waals surface area contributed by atoms with Crippen molar-refractivity contribution in [2.24, 2.45) is 0 Å². The maximum absolute atomic E-state index is 11.3. The number of aromatic nitrogens is 2. The smallest absolute Gasteiger partial charge is 0.280 e. The van der Waals surface area contributed by atoms with Crippen molar-refractivity contribution >= 4 is 23.0 Å². The number of rotatable bonds is 10. The highest BCUT2D eigenvalue weighted by Gasteiger charge is 2.22. The van der Waals surface area contributed by atoms with Crippen LogP contribution in [0.1, 0.15) is 17.2 Å². The van der Waals surface area contributed by atoms with Crippen molar-refractivity contribution in [2.75, 3.05) is 0 Å². The Morgan fingerprint density at radius 2 is 1.58 bits per heavy atom. The Bertz CT molecular complexity index is 1300. The molecule has 0 radical (unpaired) electrons. The lowest BCUT2D eigenvalue weighted by atomic mass is 10.1. The Kier molecular flexibility index (Phi) is 8.99. The topological polar surface area (TPSA) is 104 Å². The van der Waals surface area contributed by atoms with E-state index in [0.717, 1.165) is 24.6 Å². The first-order chi connectivity index (χ1) is 16.9. The molecule has 0 aliphatic carbocycles. The van der Waals surface area contributed by atoms with E-state index in [1.54, 1.807) is 24.3 Å². The summed E-state index contributed by atoms with van der Waals surface area (Å²) in [5, 5.41) is 23.1. The van der Waals surface area contributed by atoms with Crippen molar-refractivity contribution in [3.8, 4) is 5.75 Å². The fourth-order valence-electron chi connectivity index (χ4n) is 3.67. The van der Waals surface area contributed by atoms with Crippen LogP contribution in [-0.4, -0.2) is 14.4 Å². The first kappa shape index (κ1) is 26.7. The molecule has 0 aliphatic heterocycles. The molecule has 11 heteroatoms. The van der Waals surface area contributed by atoms with Crippen molar-refractivity contribution in [2.45, 2.75) is 25.6 Å². The van der Waals surface area contributed by atoms with E-state index < -0.39 is 27.3 Å². The Labute approximate surface area is 218 Å². The molecule has 0 saturated carbocycles. The maximum atomic E-state index is 11.3. The van der Waals surface area contributed by atoms with Gasteiger partial charge in [0.15, 0.2) is 6.10 Å². The number of nitrogens with zero attached hydrogens (tertiary/aromatic N) is 4. The molecule has 0 amide bonds. The number of nitro groups is 2. The van der Waals surface area contributed by atoms with Crippen LogP contribution in [0.25, 0.3) is 0 Å². The van der Waals surface area contributed by atoms with E-state index >= 15 is 0 Å². The van der Waals surface area contributed by atoms with Crippen molar-refractivity contribution in [3.05, 3.63) is 128 Å². The van der Waals surface area contributed by atoms with Crippen LogP contribution in [0.3, 0.4) is 0 Å². The van der Waals surface area contributed by atoms with E-state index in [9.17, 15) is 20.2 Å². The van der Waals surface area contributed by atoms with E-state index in [0.29, 0.717) is 11.6 Å². The van der Waals surface area contributed by atoms with E-state index in [1.807, 2.05) is 41.5 Å². The monoisotopic (exact) mass is 528 g/mol. The molecule has 4 aromatic rings. The summed E-state index contributed by atoms with van der Waals surface area (Å²) in [5.74, 6) is 0.0370. The van der Waals surface area contributed by atoms with Gasteiger partial charge in [-0.1, -0.05) is 54.1 Å². The van der Waals surface area contributed by atoms with Crippen LogP contribution in [0.2, 0.25) is 5.02 Å². The van der Waals surface area contributed by atoms with Crippen LogP contribution >= 0.6 is 11.6 Å². The average molecular weight is 529 g/mol. The van der Waals surface area contributed by atoms with Gasteiger partial charge in [-0.05, 0) is 23.3 Å². The summed E-state index contributed by atoms with van der Waals surface area (Å²) >= 11 is 6.04. The number of aryl methyl sites for hydroxylation is 2. The molecule has 36 heavy (non-hydrogen) atoms. The molecule has 0 saturated heterocycles. The minimum Gasteiger partial charge on any atom is -1.00 e. The molecular formula is C25H22Cl2N4O5. The molecule has 1 heterocycles. The molecule has 4 rings (SSSR count). The third-order valence-electron chi connectivity index (χ3n) is 5.44. The van der Waals surface area contributed by atoms with Crippen molar-refractivity contribution in [1.82, 2.24) is 4.57 Å². The van der Waals surface area contributed by atoms with Crippen molar-refractivity contribution in [1.29, 1.82) is 0 Å². The molecule has 3 aromatic carbocycles. The lowest BCUT2D eigenvalue weighted by Crippen LogP contribution is -3.00. The Morgan fingerprint density at radius 3 is 2.19 bits per heavy atom. The lowest BCUT2D eigenvalue weighted by molar-refractivity contribution is -0.703. The third kappa shape index (κ3) is 7.03. The van der Waals surface area contributed by atoms with Crippen molar-refractivity contribution in [3.63, 3.8) is 0 Å². The zero-order valence-corrected chi connectivity index (χ0v) is 20.5. The summed E-state index contributed by atoms with van der Waals surface area (Å²) < 4.78 is 10.1. The fraction of sp³-hybridized carbons (Fsp3) is 0.160. The van der Waals surface area contributed by atoms with Gasteiger partial charge in [-0.15, -0.1) is 0 Å². The molecule has 0 bridgehead atoms. The normalized spacial score (nSPS) is 11.4. The molecule has 9 nitrogen and oxygen atoms in total. The van der Waals surface area contributed by atoms with Gasteiger partial charge in [0.1, 0.15) is 24.7 Å². The Balaban J connectivity index is 0.00000361. The van der Waals surface area contributed by atoms with Crippen LogP contribution in [0, 0.1) is 20.2 Å². The number of non-ortho nitro benzene ring substituents is 2. The molecule has 0 fully saturated rings. The molecule has 0 spiro atoms. The van der Waals surface area contributed by atoms with E-state index in [1.165, 1.54) is 17.7 Å². The standard InChI is InChI=1S/C25H22ClN4O5.ClH/c26-21-8-6-20(7-9-21)25(35-24-15-22(29(31)32)14-23(16-24)30(33)34)17-28-13-12-27(18-28)11-10-19-4-2-1-3-5-19;/h1-9,12-16,18,25H,10-11,17H2;1H/q+1;/p-1. The van der Waals surface area contributed by atoms with Crippen LogP contribution in [0.15, 0.2) is 91.5 Å². The number of nitro benzene ring substituents is 2. The van der Waals surface area contributed by atoms with Gasteiger partial charge < -0.3 is 17.1 Å². The predicted molar refractivity (Wildman–Crippen MR) is 129 cm³/mol. The summed E-state index contributed by atoms with van der Waals surface area (Å²) in [4.78, 5) is 21.2. The van der Waals surface area contributed by atoms with Gasteiger partial charge in [-0.2, -0.15) is 0 Å². The Hall–Kier alpha value is -3.95. The van der Waals surface area contributed by atoms with Crippen molar-refractivity contribution < 1.29 is 31.6 Å². The third-order valence-corrected chi connectivity index (χ3v) is 5.69. The predicted octanol–water partition coefficient (Wildman–Crippen LogP) is 2.31. The van der Waals surface area contributed by atoms with Crippen LogP contribution < -0.4 is 21.7 Å². The highest BCUT2D eigenvalue weighted by Crippen LogP contribution is 2.31. The van der Waals surface area contributed by atoms with Crippen LogP contribution in [0.5, 0.6) is 5.75 Å². The number of benzene rings is 3. The van der Waals surface area contributed by atoms with Gasteiger partial charge >= 0.3 is 0 Å². The minimum absolute atomic E-state index is 0. The van der Waals surface area contributed by atoms with E-state index in [-0.39, 0.29) is 18.2 Å². The summed E-state index contributed by atoms with van der Waals surface area (Å²) in [6.07, 6.45) is 6.12. The van der Waals surface area contributed by atoms with Gasteiger partial charge in [-0.25, -0.2) is 9.13 Å². The first-order valence-electron chi connectivity index (χ1n) is 10.8. The number of halogens is 2. The maximum Gasteiger partial charge on any atom is 0.280 e. The van der Waals surface area contributed by atoms with E-state index in [4.69, 9.17) is 16.3 Å². The number of imidazole rings is 1. The average Bonchev–Trinajstić information content (AvgIpc) is 3.30. The summed E-state index contributed by atoms with van der Waals surface area (Å²) in [5.41, 5.74) is 1.18. The molecular weight excluding hydrogens is 507 g/mol. The van der Waals surface area contributed by atoms with Crippen LogP contribution in [0.4, 0.5) is 11.4 Å². The highest BCUT2D eigenvalue weighted by atomic mass is 35.5. The van der Waals surface area contributed by atoms with Gasteiger partial charge in [0, 0.05) is 11.4 Å². The second kappa shape index (κ2) is 12.1. The molecule has 1 aromatic heterocycles. The van der Waals surface area contributed by atoms with Gasteiger partial charge in [0.2, 0.25) is 6.33 Å². The SMILES string of the molecule is O=[N+]([O-])c1cc(OC(C[n+]2ccn(CCc3ccccc3)c2)c2ccc(Cl)cc2)cc([N+](=O)[O-])c1.[Cl-]. The van der Waals surface area contributed by atoms with Crippen LogP contribution in [-0.2, 0) is 19.5 Å². The molecule has 0 N–H and O–H groups in total. The quantitative estimate of drug-likeness (QED) is 0.178. The van der Waals surface area contributed by atoms with Gasteiger partial charge in [0.25, 0.3) is 11.4 Å². The first-order valence-corrected chi connectivity index (χ1v) is 11.2. The zero-order chi connectivity index (χ0) is 24.8. The largest absolute Gasteiger partial charge is 1.00 e. The molecule has 186 valence electrons. The highest BCUT2D eigenvalue weighted by molar-refractivity contribution is 6.30. The second-order valence-corrected chi connectivity index (χ2v) is 8.38. The zero-order valence-electron chi connectivity index (χ0n) is 18.9. The van der Waals surface area contributed by atoms with Gasteiger partial charge in [-0.3, -0.25) is 20.2 Å². The number of ether oxygens (including phenoxy) is 1. The molecule has 1 unspecified atom stereocenters. The number of hydrogen-bond donors (Lipinski definition) is 0. The summed E-state index contributed by atoms with van der Waals surface area (Å²) in [6, 6.07) is 20.5.